The summed E-state index contributed by atoms with van der Waals surface area (Å²) < 4.78 is 1.92. The summed E-state index contributed by atoms with van der Waals surface area (Å²) in [5.41, 5.74) is 1.67. The average Bonchev–Trinajstić information content (AvgIpc) is 3.22. The third kappa shape index (κ3) is 3.48. The van der Waals surface area contributed by atoms with Gasteiger partial charge in [-0.25, -0.2) is 4.98 Å². The molecule has 3 rings (SSSR count). The van der Waals surface area contributed by atoms with E-state index in [4.69, 9.17) is 0 Å². The zero-order valence-electron chi connectivity index (χ0n) is 13.1. The van der Waals surface area contributed by atoms with Crippen LogP contribution in [0.5, 0.6) is 0 Å². The lowest BCUT2D eigenvalue weighted by Gasteiger charge is -2.06. The Kier molecular flexibility index (Phi) is 4.52. The lowest BCUT2D eigenvalue weighted by molar-refractivity contribution is 0.0953. The first kappa shape index (κ1) is 15.4. The third-order valence-corrected chi connectivity index (χ3v) is 4.46. The highest BCUT2D eigenvalue weighted by Crippen LogP contribution is 2.27. The van der Waals surface area contributed by atoms with Gasteiger partial charge in [-0.1, -0.05) is 31.3 Å². The Hall–Kier alpha value is -2.47. The van der Waals surface area contributed by atoms with Crippen LogP contribution in [-0.2, 0) is 6.54 Å². The zero-order valence-corrected chi connectivity index (χ0v) is 13.9. The van der Waals surface area contributed by atoms with Crippen molar-refractivity contribution in [2.45, 2.75) is 26.3 Å². The molecule has 23 heavy (non-hydrogen) atoms. The normalized spacial score (nSPS) is 10.9. The summed E-state index contributed by atoms with van der Waals surface area (Å²) in [5, 5.41) is 3.74. The summed E-state index contributed by atoms with van der Waals surface area (Å²) >= 11 is 1.41. The van der Waals surface area contributed by atoms with E-state index < -0.39 is 0 Å². The lowest BCUT2D eigenvalue weighted by atomic mass is 10.1. The molecule has 3 aromatic rings. The largest absolute Gasteiger partial charge is 0.346 e. The van der Waals surface area contributed by atoms with Gasteiger partial charge in [-0.05, 0) is 30.2 Å². The molecule has 0 aromatic carbocycles. The second kappa shape index (κ2) is 6.75. The topological polar surface area (TPSA) is 59.8 Å². The van der Waals surface area contributed by atoms with Gasteiger partial charge in [-0.3, -0.25) is 9.78 Å². The van der Waals surface area contributed by atoms with Crippen LogP contribution in [0.1, 0.15) is 40.8 Å². The Morgan fingerprint density at radius 2 is 2.04 bits per heavy atom. The summed E-state index contributed by atoms with van der Waals surface area (Å²) in [6, 6.07) is 9.54. The van der Waals surface area contributed by atoms with E-state index in [9.17, 15) is 4.79 Å². The molecule has 0 unspecified atom stereocenters. The number of hydrogen-bond donors (Lipinski definition) is 1. The zero-order chi connectivity index (χ0) is 16.2. The van der Waals surface area contributed by atoms with Gasteiger partial charge in [0.1, 0.15) is 4.88 Å². The predicted octanol–water partition coefficient (Wildman–Crippen LogP) is 3.38. The highest BCUT2D eigenvalue weighted by molar-refractivity contribution is 7.16. The van der Waals surface area contributed by atoms with Gasteiger partial charge < -0.3 is 9.88 Å². The highest BCUT2D eigenvalue weighted by atomic mass is 32.1. The van der Waals surface area contributed by atoms with Crippen molar-refractivity contribution in [3.05, 3.63) is 65.2 Å². The standard InChI is InChI=1S/C17H18N4OS/c1-12(2)14-15(23-17(20-14)21-9-5-6-10-21)16(22)19-11-13-7-3-4-8-18-13/h3-10,12H,11H2,1-2H3,(H,19,22). The second-order valence-corrected chi connectivity index (χ2v) is 6.44. The van der Waals surface area contributed by atoms with Crippen molar-refractivity contribution in [2.24, 2.45) is 0 Å². The van der Waals surface area contributed by atoms with Crippen molar-refractivity contribution in [3.63, 3.8) is 0 Å². The van der Waals surface area contributed by atoms with Crippen LogP contribution in [-0.4, -0.2) is 20.4 Å². The van der Waals surface area contributed by atoms with Crippen molar-refractivity contribution in [1.29, 1.82) is 0 Å². The Morgan fingerprint density at radius 3 is 2.70 bits per heavy atom. The number of nitrogens with zero attached hydrogens (tertiary/aromatic N) is 3. The molecule has 0 fully saturated rings. The van der Waals surface area contributed by atoms with Crippen LogP contribution in [0.3, 0.4) is 0 Å². The maximum Gasteiger partial charge on any atom is 0.263 e. The molecule has 0 aliphatic heterocycles. The van der Waals surface area contributed by atoms with Crippen LogP contribution < -0.4 is 5.32 Å². The Balaban J connectivity index is 1.81. The maximum absolute atomic E-state index is 12.5. The minimum absolute atomic E-state index is 0.102. The average molecular weight is 326 g/mol. The molecular weight excluding hydrogens is 308 g/mol. The third-order valence-electron chi connectivity index (χ3n) is 3.38. The molecule has 6 heteroatoms. The van der Waals surface area contributed by atoms with E-state index in [0.29, 0.717) is 11.4 Å². The monoisotopic (exact) mass is 326 g/mol. The molecule has 0 radical (unpaired) electrons. The van der Waals surface area contributed by atoms with E-state index in [1.807, 2.05) is 61.1 Å². The summed E-state index contributed by atoms with van der Waals surface area (Å²) in [6.45, 7) is 4.50. The van der Waals surface area contributed by atoms with E-state index in [1.165, 1.54) is 11.3 Å². The van der Waals surface area contributed by atoms with Crippen LogP contribution >= 0.6 is 11.3 Å². The number of thiazole rings is 1. The molecular formula is C17H18N4OS. The van der Waals surface area contributed by atoms with Gasteiger partial charge in [0, 0.05) is 18.6 Å². The van der Waals surface area contributed by atoms with E-state index in [-0.39, 0.29) is 11.8 Å². The molecule has 1 N–H and O–H groups in total. The molecule has 1 amide bonds. The molecule has 0 saturated heterocycles. The van der Waals surface area contributed by atoms with Gasteiger partial charge in [-0.15, -0.1) is 0 Å². The number of carbonyl (C=O) groups excluding carboxylic acids is 1. The van der Waals surface area contributed by atoms with Gasteiger partial charge in [0.15, 0.2) is 5.13 Å². The first-order valence-corrected chi connectivity index (χ1v) is 8.29. The number of amides is 1. The Morgan fingerprint density at radius 1 is 1.26 bits per heavy atom. The Labute approximate surface area is 139 Å². The quantitative estimate of drug-likeness (QED) is 0.782. The summed E-state index contributed by atoms with van der Waals surface area (Å²) in [7, 11) is 0. The predicted molar refractivity (Wildman–Crippen MR) is 90.9 cm³/mol. The minimum Gasteiger partial charge on any atom is -0.346 e. The number of aromatic nitrogens is 3. The van der Waals surface area contributed by atoms with Crippen molar-refractivity contribution < 1.29 is 4.79 Å². The molecule has 3 heterocycles. The van der Waals surface area contributed by atoms with Crippen LogP contribution in [0.15, 0.2) is 48.9 Å². The smallest absolute Gasteiger partial charge is 0.263 e. The van der Waals surface area contributed by atoms with Crippen LogP contribution in [0, 0.1) is 0 Å². The number of pyridine rings is 1. The van der Waals surface area contributed by atoms with Crippen LogP contribution in [0.2, 0.25) is 0 Å². The Bertz CT molecular complexity index is 778. The molecule has 0 atom stereocenters. The number of nitrogens with one attached hydrogen (secondary N) is 1. The second-order valence-electron chi connectivity index (χ2n) is 5.46. The molecule has 0 saturated carbocycles. The first-order chi connectivity index (χ1) is 11.1. The van der Waals surface area contributed by atoms with E-state index in [2.05, 4.69) is 15.3 Å². The first-order valence-electron chi connectivity index (χ1n) is 7.47. The molecule has 3 aromatic heterocycles. The van der Waals surface area contributed by atoms with Gasteiger partial charge in [0.25, 0.3) is 5.91 Å². The fraction of sp³-hybridized carbons (Fsp3) is 0.235. The van der Waals surface area contributed by atoms with Gasteiger partial charge in [-0.2, -0.15) is 0 Å². The van der Waals surface area contributed by atoms with E-state index in [1.54, 1.807) is 6.20 Å². The highest BCUT2D eigenvalue weighted by Gasteiger charge is 2.20. The fourth-order valence-corrected chi connectivity index (χ4v) is 3.30. The lowest BCUT2D eigenvalue weighted by Crippen LogP contribution is -2.23. The van der Waals surface area contributed by atoms with Crippen molar-refractivity contribution >= 4 is 17.2 Å². The summed E-state index contributed by atoms with van der Waals surface area (Å²) in [4.78, 5) is 22.1. The van der Waals surface area contributed by atoms with E-state index in [0.717, 1.165) is 16.5 Å². The SMILES string of the molecule is CC(C)c1nc(-n2cccc2)sc1C(=O)NCc1ccccn1. The number of hydrogen-bond acceptors (Lipinski definition) is 4. The van der Waals surface area contributed by atoms with E-state index >= 15 is 0 Å². The number of carbonyl (C=O) groups is 1. The van der Waals surface area contributed by atoms with Crippen molar-refractivity contribution in [2.75, 3.05) is 0 Å². The van der Waals surface area contributed by atoms with Crippen molar-refractivity contribution in [3.8, 4) is 5.13 Å². The molecule has 0 aliphatic rings. The van der Waals surface area contributed by atoms with Crippen LogP contribution in [0.25, 0.3) is 5.13 Å². The van der Waals surface area contributed by atoms with Gasteiger partial charge in [0.05, 0.1) is 17.9 Å². The van der Waals surface area contributed by atoms with Crippen molar-refractivity contribution in [1.82, 2.24) is 19.9 Å². The van der Waals surface area contributed by atoms with Gasteiger partial charge >= 0.3 is 0 Å². The minimum atomic E-state index is -0.102. The summed E-state index contributed by atoms with van der Waals surface area (Å²) in [6.07, 6.45) is 5.58. The van der Waals surface area contributed by atoms with Gasteiger partial charge in [0.2, 0.25) is 0 Å². The summed E-state index contributed by atoms with van der Waals surface area (Å²) in [5.74, 6) is 0.0846. The number of rotatable bonds is 5. The molecule has 0 aliphatic carbocycles. The molecule has 118 valence electrons. The molecule has 0 spiro atoms. The molecule has 5 nitrogen and oxygen atoms in total. The fourth-order valence-electron chi connectivity index (χ4n) is 2.20. The maximum atomic E-state index is 12.5. The van der Waals surface area contributed by atoms with Crippen LogP contribution in [0.4, 0.5) is 0 Å². The molecule has 0 bridgehead atoms.